The van der Waals surface area contributed by atoms with Gasteiger partial charge in [-0.1, -0.05) is 13.8 Å². The van der Waals surface area contributed by atoms with E-state index in [1.165, 1.54) is 12.4 Å². The van der Waals surface area contributed by atoms with E-state index in [2.05, 4.69) is 34.0 Å². The van der Waals surface area contributed by atoms with Crippen LogP contribution in [0.25, 0.3) is 0 Å². The highest BCUT2D eigenvalue weighted by Crippen LogP contribution is 2.11. The Hall–Kier alpha value is -1.25. The van der Waals surface area contributed by atoms with Crippen LogP contribution in [0.4, 0.5) is 5.95 Å². The summed E-state index contributed by atoms with van der Waals surface area (Å²) < 4.78 is 26.7. The quantitative estimate of drug-likeness (QED) is 0.507. The highest BCUT2D eigenvalue weighted by atomic mass is 32.2. The summed E-state index contributed by atoms with van der Waals surface area (Å²) in [6, 6.07) is -0.125. The summed E-state index contributed by atoms with van der Waals surface area (Å²) in [5.74, 6) is 5.84. The molecule has 108 valence electrons. The first-order valence-corrected chi connectivity index (χ1v) is 7.64. The molecule has 0 aromatic carbocycles. The molecule has 0 amide bonds. The minimum atomic E-state index is -3.58. The van der Waals surface area contributed by atoms with Gasteiger partial charge in [-0.3, -0.25) is 5.43 Å². The molecule has 0 saturated carbocycles. The molecule has 1 heterocycles. The topological polar surface area (TPSA) is 110 Å². The second-order valence-electron chi connectivity index (χ2n) is 4.88. The van der Waals surface area contributed by atoms with E-state index in [9.17, 15) is 8.42 Å². The van der Waals surface area contributed by atoms with Crippen molar-refractivity contribution in [3.05, 3.63) is 12.4 Å². The van der Waals surface area contributed by atoms with Gasteiger partial charge >= 0.3 is 0 Å². The number of hydrazine groups is 1. The van der Waals surface area contributed by atoms with Gasteiger partial charge in [-0.15, -0.1) is 0 Å². The molecule has 0 radical (unpaired) electrons. The van der Waals surface area contributed by atoms with E-state index in [4.69, 9.17) is 5.84 Å². The van der Waals surface area contributed by atoms with Crippen LogP contribution >= 0.6 is 0 Å². The van der Waals surface area contributed by atoms with Gasteiger partial charge in [-0.05, 0) is 25.7 Å². The van der Waals surface area contributed by atoms with E-state index in [0.717, 1.165) is 12.8 Å². The minimum Gasteiger partial charge on any atom is -0.292 e. The smallest absolute Gasteiger partial charge is 0.243 e. The molecule has 8 heteroatoms. The third-order valence-electron chi connectivity index (χ3n) is 2.60. The summed E-state index contributed by atoms with van der Waals surface area (Å²) in [5.41, 5.74) is 2.24. The molecule has 4 N–H and O–H groups in total. The van der Waals surface area contributed by atoms with Crippen LogP contribution in [0.15, 0.2) is 17.3 Å². The molecule has 0 saturated heterocycles. The van der Waals surface area contributed by atoms with Gasteiger partial charge in [0.05, 0.1) is 12.4 Å². The summed E-state index contributed by atoms with van der Waals surface area (Å²) in [5, 5.41) is 0. The van der Waals surface area contributed by atoms with E-state index >= 15 is 0 Å². The van der Waals surface area contributed by atoms with Crippen molar-refractivity contribution < 1.29 is 8.42 Å². The number of anilines is 1. The molecule has 19 heavy (non-hydrogen) atoms. The maximum absolute atomic E-state index is 12.0. The molecule has 1 rings (SSSR count). The number of hydrogen-bond acceptors (Lipinski definition) is 6. The third-order valence-corrected chi connectivity index (χ3v) is 4.15. The van der Waals surface area contributed by atoms with E-state index < -0.39 is 10.0 Å². The van der Waals surface area contributed by atoms with E-state index in [1.807, 2.05) is 6.92 Å². The molecule has 0 fully saturated rings. The van der Waals surface area contributed by atoms with Crippen LogP contribution in [-0.4, -0.2) is 24.4 Å². The number of nitrogens with two attached hydrogens (primary N) is 1. The average Bonchev–Trinajstić information content (AvgIpc) is 2.36. The molecule has 1 aromatic rings. The third kappa shape index (κ3) is 5.09. The number of nitrogens with one attached hydrogen (secondary N) is 2. The molecule has 7 nitrogen and oxygen atoms in total. The van der Waals surface area contributed by atoms with Crippen molar-refractivity contribution >= 4 is 16.0 Å². The lowest BCUT2D eigenvalue weighted by molar-refractivity contribution is 0.485. The Kier molecular flexibility index (Phi) is 5.64. The fraction of sp³-hybridized carbons (Fsp3) is 0.636. The fourth-order valence-electron chi connectivity index (χ4n) is 1.50. The highest BCUT2D eigenvalue weighted by molar-refractivity contribution is 7.89. The maximum Gasteiger partial charge on any atom is 0.243 e. The van der Waals surface area contributed by atoms with Crippen LogP contribution in [0, 0.1) is 5.92 Å². The van der Waals surface area contributed by atoms with Gasteiger partial charge in [0.1, 0.15) is 4.90 Å². The second kappa shape index (κ2) is 6.78. The summed E-state index contributed by atoms with van der Waals surface area (Å²) in [4.78, 5) is 7.59. The highest BCUT2D eigenvalue weighted by Gasteiger charge is 2.18. The lowest BCUT2D eigenvalue weighted by Crippen LogP contribution is -2.33. The number of hydrogen-bond donors (Lipinski definition) is 3. The van der Waals surface area contributed by atoms with E-state index in [1.54, 1.807) is 0 Å². The molecule has 0 aliphatic carbocycles. The van der Waals surface area contributed by atoms with Crippen LogP contribution < -0.4 is 16.0 Å². The molecule has 0 aliphatic heterocycles. The van der Waals surface area contributed by atoms with Gasteiger partial charge in [0.25, 0.3) is 0 Å². The van der Waals surface area contributed by atoms with Crippen molar-refractivity contribution in [1.82, 2.24) is 14.7 Å². The first-order valence-electron chi connectivity index (χ1n) is 6.16. The van der Waals surface area contributed by atoms with Crippen LogP contribution in [0.5, 0.6) is 0 Å². The van der Waals surface area contributed by atoms with Gasteiger partial charge in [-0.25, -0.2) is 29.0 Å². The number of sulfonamides is 1. The predicted molar refractivity (Wildman–Crippen MR) is 73.7 cm³/mol. The van der Waals surface area contributed by atoms with Crippen LogP contribution in [-0.2, 0) is 10.0 Å². The lowest BCUT2D eigenvalue weighted by atomic mass is 10.1. The van der Waals surface area contributed by atoms with Crippen LogP contribution in [0.1, 0.15) is 33.6 Å². The monoisotopic (exact) mass is 287 g/mol. The molecule has 0 bridgehead atoms. The van der Waals surface area contributed by atoms with E-state index in [0.29, 0.717) is 5.92 Å². The molecule has 0 spiro atoms. The molecular formula is C11H21N5O2S. The zero-order chi connectivity index (χ0) is 14.5. The predicted octanol–water partition coefficient (Wildman–Crippen LogP) is 0.865. The van der Waals surface area contributed by atoms with Gasteiger partial charge in [-0.2, -0.15) is 0 Å². The first-order chi connectivity index (χ1) is 8.85. The van der Waals surface area contributed by atoms with Gasteiger partial charge < -0.3 is 0 Å². The zero-order valence-corrected chi connectivity index (χ0v) is 12.2. The lowest BCUT2D eigenvalue weighted by Gasteiger charge is -2.15. The molecule has 0 aliphatic rings. The van der Waals surface area contributed by atoms with Crippen molar-refractivity contribution in [3.8, 4) is 0 Å². The Bertz CT molecular complexity index is 486. The number of rotatable bonds is 7. The molecule has 1 unspecified atom stereocenters. The average molecular weight is 287 g/mol. The fourth-order valence-corrected chi connectivity index (χ4v) is 2.67. The standard InChI is InChI=1S/C11H21N5O2S/c1-8(2)4-5-9(3)16-19(17,18)10-6-13-11(15-12)14-7-10/h6-9,16H,4-5,12H2,1-3H3,(H,13,14,15). The minimum absolute atomic E-state index is 0.0305. The van der Waals surface area contributed by atoms with Crippen molar-refractivity contribution in [3.63, 3.8) is 0 Å². The normalized spacial score (nSPS) is 13.5. The Balaban J connectivity index is 2.69. The van der Waals surface area contributed by atoms with Gasteiger partial charge in [0.2, 0.25) is 16.0 Å². The van der Waals surface area contributed by atoms with Crippen molar-refractivity contribution in [2.45, 2.75) is 44.6 Å². The number of aromatic nitrogens is 2. The first kappa shape index (κ1) is 15.8. The Labute approximate surface area is 114 Å². The number of nitrogen functional groups attached to an aromatic ring is 1. The molecular weight excluding hydrogens is 266 g/mol. The van der Waals surface area contributed by atoms with Gasteiger partial charge in [0.15, 0.2) is 0 Å². The molecule has 1 atom stereocenters. The van der Waals surface area contributed by atoms with Gasteiger partial charge in [0, 0.05) is 6.04 Å². The second-order valence-corrected chi connectivity index (χ2v) is 6.59. The van der Waals surface area contributed by atoms with Crippen LogP contribution in [0.2, 0.25) is 0 Å². The largest absolute Gasteiger partial charge is 0.292 e. The summed E-state index contributed by atoms with van der Waals surface area (Å²) in [6.07, 6.45) is 4.20. The molecule has 1 aromatic heterocycles. The Morgan fingerprint density at radius 2 is 1.79 bits per heavy atom. The number of nitrogens with zero attached hydrogens (tertiary/aromatic N) is 2. The zero-order valence-electron chi connectivity index (χ0n) is 11.4. The SMILES string of the molecule is CC(C)CCC(C)NS(=O)(=O)c1cnc(NN)nc1. The Morgan fingerprint density at radius 1 is 1.21 bits per heavy atom. The summed E-state index contributed by atoms with van der Waals surface area (Å²) in [6.45, 7) is 6.05. The van der Waals surface area contributed by atoms with Crippen molar-refractivity contribution in [2.75, 3.05) is 5.43 Å². The summed E-state index contributed by atoms with van der Waals surface area (Å²) >= 11 is 0. The van der Waals surface area contributed by atoms with Crippen molar-refractivity contribution in [1.29, 1.82) is 0 Å². The summed E-state index contributed by atoms with van der Waals surface area (Å²) in [7, 11) is -3.58. The van der Waals surface area contributed by atoms with Crippen LogP contribution in [0.3, 0.4) is 0 Å². The van der Waals surface area contributed by atoms with Crippen molar-refractivity contribution in [2.24, 2.45) is 11.8 Å². The Morgan fingerprint density at radius 3 is 2.26 bits per heavy atom. The maximum atomic E-state index is 12.0. The van der Waals surface area contributed by atoms with E-state index in [-0.39, 0.29) is 16.9 Å².